The molecule has 0 aliphatic carbocycles. The molecule has 0 bridgehead atoms. The van der Waals surface area contributed by atoms with Crippen molar-refractivity contribution in [2.75, 3.05) is 12.0 Å². The molecule has 0 aromatic carbocycles. The van der Waals surface area contributed by atoms with Gasteiger partial charge in [-0.3, -0.25) is 4.68 Å². The van der Waals surface area contributed by atoms with Crippen LogP contribution in [-0.2, 0) is 16.9 Å². The van der Waals surface area contributed by atoms with E-state index in [1.807, 2.05) is 0 Å². The van der Waals surface area contributed by atoms with Crippen molar-refractivity contribution < 1.29 is 12.8 Å². The van der Waals surface area contributed by atoms with Gasteiger partial charge in [-0.2, -0.15) is 5.10 Å². The molecule has 1 aromatic heterocycles. The van der Waals surface area contributed by atoms with Crippen LogP contribution < -0.4 is 5.73 Å². The van der Waals surface area contributed by atoms with Crippen LogP contribution in [0.3, 0.4) is 0 Å². The smallest absolute Gasteiger partial charge is 0.189 e. The topological polar surface area (TPSA) is 78.0 Å². The summed E-state index contributed by atoms with van der Waals surface area (Å²) in [6.07, 6.45) is 1.03. The molecule has 1 unspecified atom stereocenters. The van der Waals surface area contributed by atoms with E-state index in [4.69, 9.17) is 5.73 Å². The molecule has 2 N–H and O–H groups in total. The Morgan fingerprint density at radius 1 is 1.57 bits per heavy atom. The molecular weight excluding hydrogens is 209 g/mol. The molecule has 0 amide bonds. The molecule has 0 aliphatic rings. The molecule has 1 rings (SSSR count). The van der Waals surface area contributed by atoms with Gasteiger partial charge >= 0.3 is 0 Å². The van der Waals surface area contributed by atoms with E-state index in [1.165, 1.54) is 14.0 Å². The highest BCUT2D eigenvalue weighted by Crippen LogP contribution is 2.25. The van der Waals surface area contributed by atoms with E-state index in [0.29, 0.717) is 0 Å². The standard InChI is InChI=1S/C7H12FN3O2S/c1-4(14(3,12)13)6-5(8)7(9)11(2)10-6/h4H,9H2,1-3H3. The largest absolute Gasteiger partial charge is 0.381 e. The lowest BCUT2D eigenvalue weighted by Crippen LogP contribution is -2.10. The van der Waals surface area contributed by atoms with Crippen LogP contribution in [0.15, 0.2) is 0 Å². The Bertz CT molecular complexity index is 452. The number of halogens is 1. The monoisotopic (exact) mass is 221 g/mol. The number of hydrogen-bond acceptors (Lipinski definition) is 4. The molecule has 0 spiro atoms. The number of nitrogens with zero attached hydrogens (tertiary/aromatic N) is 2. The maximum absolute atomic E-state index is 13.3. The highest BCUT2D eigenvalue weighted by atomic mass is 32.2. The quantitative estimate of drug-likeness (QED) is 0.776. The minimum atomic E-state index is -3.35. The molecule has 7 heteroatoms. The first-order chi connectivity index (χ1) is 6.25. The molecule has 5 nitrogen and oxygen atoms in total. The van der Waals surface area contributed by atoms with Crippen LogP contribution in [0.2, 0.25) is 0 Å². The number of nitrogen functional groups attached to an aromatic ring is 1. The average Bonchev–Trinajstić information content (AvgIpc) is 2.30. The lowest BCUT2D eigenvalue weighted by Gasteiger charge is -2.04. The van der Waals surface area contributed by atoms with Crippen molar-refractivity contribution in [1.82, 2.24) is 9.78 Å². The normalized spacial score (nSPS) is 14.3. The van der Waals surface area contributed by atoms with E-state index in [-0.39, 0.29) is 11.5 Å². The van der Waals surface area contributed by atoms with Gasteiger partial charge in [-0.25, -0.2) is 12.8 Å². The van der Waals surface area contributed by atoms with Crippen LogP contribution in [0, 0.1) is 5.82 Å². The SMILES string of the molecule is CC(c1nn(C)c(N)c1F)S(C)(=O)=O. The van der Waals surface area contributed by atoms with E-state index in [9.17, 15) is 12.8 Å². The van der Waals surface area contributed by atoms with Crippen molar-refractivity contribution in [1.29, 1.82) is 0 Å². The summed E-state index contributed by atoms with van der Waals surface area (Å²) in [7, 11) is -1.90. The zero-order valence-electron chi connectivity index (χ0n) is 8.15. The zero-order valence-corrected chi connectivity index (χ0v) is 8.97. The maximum Gasteiger partial charge on any atom is 0.189 e. The van der Waals surface area contributed by atoms with Crippen LogP contribution in [-0.4, -0.2) is 24.5 Å². The van der Waals surface area contributed by atoms with Gasteiger partial charge in [-0.05, 0) is 6.92 Å². The summed E-state index contributed by atoms with van der Waals surface area (Å²) in [4.78, 5) is 0. The van der Waals surface area contributed by atoms with E-state index in [2.05, 4.69) is 5.10 Å². The minimum Gasteiger partial charge on any atom is -0.381 e. The number of anilines is 1. The van der Waals surface area contributed by atoms with E-state index >= 15 is 0 Å². The van der Waals surface area contributed by atoms with E-state index in [1.54, 1.807) is 0 Å². The highest BCUT2D eigenvalue weighted by Gasteiger charge is 2.26. The highest BCUT2D eigenvalue weighted by molar-refractivity contribution is 7.90. The summed E-state index contributed by atoms with van der Waals surface area (Å²) in [6.45, 7) is 1.38. The van der Waals surface area contributed by atoms with Crippen molar-refractivity contribution in [3.8, 4) is 0 Å². The van der Waals surface area contributed by atoms with Crippen LogP contribution >= 0.6 is 0 Å². The lowest BCUT2D eigenvalue weighted by atomic mass is 10.3. The molecule has 0 radical (unpaired) electrons. The Labute approximate surface area is 81.6 Å². The van der Waals surface area contributed by atoms with Crippen LogP contribution in [0.5, 0.6) is 0 Å². The Balaban J connectivity index is 3.28. The predicted octanol–water partition coefficient (Wildman–Crippen LogP) is 0.247. The molecule has 14 heavy (non-hydrogen) atoms. The number of hydrogen-bond donors (Lipinski definition) is 1. The molecule has 0 saturated heterocycles. The van der Waals surface area contributed by atoms with Gasteiger partial charge in [-0.1, -0.05) is 0 Å². The van der Waals surface area contributed by atoms with Crippen LogP contribution in [0.25, 0.3) is 0 Å². The van der Waals surface area contributed by atoms with Gasteiger partial charge in [-0.15, -0.1) is 0 Å². The summed E-state index contributed by atoms with van der Waals surface area (Å²) in [5.74, 6) is -0.916. The number of sulfone groups is 1. The van der Waals surface area contributed by atoms with E-state index < -0.39 is 20.9 Å². The fourth-order valence-electron chi connectivity index (χ4n) is 0.995. The Hall–Kier alpha value is -1.11. The molecule has 1 heterocycles. The third-order valence-electron chi connectivity index (χ3n) is 2.08. The second-order valence-electron chi connectivity index (χ2n) is 3.18. The maximum atomic E-state index is 13.3. The molecule has 0 aliphatic heterocycles. The van der Waals surface area contributed by atoms with Crippen molar-refractivity contribution in [3.63, 3.8) is 0 Å². The molecule has 1 atom stereocenters. The first-order valence-electron chi connectivity index (χ1n) is 3.92. The van der Waals surface area contributed by atoms with Gasteiger partial charge in [0.2, 0.25) is 0 Å². The fraction of sp³-hybridized carbons (Fsp3) is 0.571. The van der Waals surface area contributed by atoms with Crippen molar-refractivity contribution in [3.05, 3.63) is 11.5 Å². The number of nitrogens with two attached hydrogens (primary N) is 1. The second kappa shape index (κ2) is 3.23. The van der Waals surface area contributed by atoms with Gasteiger partial charge < -0.3 is 5.73 Å². The summed E-state index contributed by atoms with van der Waals surface area (Å²) in [6, 6.07) is 0. The molecule has 0 saturated carbocycles. The van der Waals surface area contributed by atoms with Gasteiger partial charge in [0.15, 0.2) is 21.5 Å². The Morgan fingerprint density at radius 2 is 2.07 bits per heavy atom. The third kappa shape index (κ3) is 1.72. The summed E-state index contributed by atoms with van der Waals surface area (Å²) in [5.41, 5.74) is 5.18. The molecule has 1 aromatic rings. The number of aromatic nitrogens is 2. The van der Waals surface area contributed by atoms with Gasteiger partial charge in [0.05, 0.1) is 0 Å². The van der Waals surface area contributed by atoms with Crippen molar-refractivity contribution >= 4 is 15.7 Å². The number of aryl methyl sites for hydroxylation is 1. The van der Waals surface area contributed by atoms with Crippen LogP contribution in [0.1, 0.15) is 17.9 Å². The number of rotatable bonds is 2. The Morgan fingerprint density at radius 3 is 2.36 bits per heavy atom. The summed E-state index contributed by atoms with van der Waals surface area (Å²) < 4.78 is 36.7. The summed E-state index contributed by atoms with van der Waals surface area (Å²) >= 11 is 0. The summed E-state index contributed by atoms with van der Waals surface area (Å²) in [5, 5.41) is 2.73. The fourth-order valence-corrected chi connectivity index (χ4v) is 1.55. The second-order valence-corrected chi connectivity index (χ2v) is 5.55. The van der Waals surface area contributed by atoms with Gasteiger partial charge in [0.1, 0.15) is 10.9 Å². The van der Waals surface area contributed by atoms with E-state index in [0.717, 1.165) is 10.9 Å². The lowest BCUT2D eigenvalue weighted by molar-refractivity contribution is 0.577. The zero-order chi connectivity index (χ0) is 11.1. The predicted molar refractivity (Wildman–Crippen MR) is 50.8 cm³/mol. The van der Waals surface area contributed by atoms with Crippen molar-refractivity contribution in [2.24, 2.45) is 7.05 Å². The van der Waals surface area contributed by atoms with Crippen LogP contribution in [0.4, 0.5) is 10.2 Å². The van der Waals surface area contributed by atoms with Gasteiger partial charge in [0.25, 0.3) is 0 Å². The third-order valence-corrected chi connectivity index (χ3v) is 3.59. The van der Waals surface area contributed by atoms with Crippen molar-refractivity contribution in [2.45, 2.75) is 12.2 Å². The average molecular weight is 221 g/mol. The Kier molecular flexibility index (Phi) is 2.53. The first kappa shape index (κ1) is 11.0. The molecular formula is C7H12FN3O2S. The van der Waals surface area contributed by atoms with Gasteiger partial charge in [0, 0.05) is 13.3 Å². The minimum absolute atomic E-state index is 0.132. The molecule has 0 fully saturated rings. The first-order valence-corrected chi connectivity index (χ1v) is 5.87. The molecule has 80 valence electrons.